The molecule has 1 rings (SSSR count). The summed E-state index contributed by atoms with van der Waals surface area (Å²) in [7, 11) is 0. The number of aliphatic hydroxyl groups is 3. The van der Waals surface area contributed by atoms with Crippen molar-refractivity contribution in [2.24, 2.45) is 5.73 Å². The van der Waals surface area contributed by atoms with E-state index < -0.39 is 54.6 Å². The number of ketones is 1. The van der Waals surface area contributed by atoms with Gasteiger partial charge >= 0.3 is 5.97 Å². The van der Waals surface area contributed by atoms with Crippen molar-refractivity contribution in [3.8, 4) is 0 Å². The Bertz CT molecular complexity index is 373. The van der Waals surface area contributed by atoms with Crippen molar-refractivity contribution in [3.63, 3.8) is 0 Å². The summed E-state index contributed by atoms with van der Waals surface area (Å²) in [4.78, 5) is 22.6. The first-order chi connectivity index (χ1) is 9.15. The van der Waals surface area contributed by atoms with Crippen molar-refractivity contribution in [2.45, 2.75) is 50.1 Å². The Hall–Kier alpha value is -1.10. The topological polar surface area (TPSA) is 160 Å². The second-order valence-electron chi connectivity index (χ2n) is 4.79. The summed E-state index contributed by atoms with van der Waals surface area (Å²) in [5, 5.41) is 37.6. The third kappa shape index (κ3) is 2.97. The molecule has 0 spiro atoms. The number of ether oxygens (including phenoxy) is 2. The molecule has 1 fully saturated rings. The first-order valence-electron chi connectivity index (χ1n) is 5.95. The minimum absolute atomic E-state index is 0.630. The lowest BCUT2D eigenvalue weighted by atomic mass is 9.95. The Morgan fingerprint density at radius 2 is 1.95 bits per heavy atom. The largest absolute Gasteiger partial charge is 0.479 e. The van der Waals surface area contributed by atoms with Crippen LogP contribution < -0.4 is 5.73 Å². The summed E-state index contributed by atoms with van der Waals surface area (Å²) in [6.07, 6.45) is -5.64. The van der Waals surface area contributed by atoms with Crippen LogP contribution in [-0.2, 0) is 19.1 Å². The van der Waals surface area contributed by atoms with Gasteiger partial charge in [-0.25, -0.2) is 4.79 Å². The summed E-state index contributed by atoms with van der Waals surface area (Å²) < 4.78 is 10.00. The number of hydrogen-bond donors (Lipinski definition) is 5. The smallest absolute Gasteiger partial charge is 0.343 e. The molecule has 1 unspecified atom stereocenters. The maximum atomic E-state index is 11.5. The molecule has 0 radical (unpaired) electrons. The fourth-order valence-electron chi connectivity index (χ4n) is 1.81. The van der Waals surface area contributed by atoms with Crippen molar-refractivity contribution < 1.29 is 39.5 Å². The van der Waals surface area contributed by atoms with Crippen molar-refractivity contribution in [1.29, 1.82) is 0 Å². The third-order valence-corrected chi connectivity index (χ3v) is 3.37. The van der Waals surface area contributed by atoms with E-state index in [1.54, 1.807) is 0 Å². The van der Waals surface area contributed by atoms with Gasteiger partial charge in [0.05, 0.1) is 12.6 Å². The number of carbonyl (C=O) groups excluding carboxylic acids is 1. The minimum atomic E-state index is -2.22. The molecule has 0 aromatic heterocycles. The molecule has 1 aliphatic rings. The van der Waals surface area contributed by atoms with E-state index in [1.807, 2.05) is 0 Å². The first kappa shape index (κ1) is 17.0. The Morgan fingerprint density at radius 1 is 1.40 bits per heavy atom. The monoisotopic (exact) mass is 293 g/mol. The van der Waals surface area contributed by atoms with E-state index in [9.17, 15) is 19.8 Å². The zero-order valence-corrected chi connectivity index (χ0v) is 11.1. The van der Waals surface area contributed by atoms with E-state index in [4.69, 9.17) is 25.4 Å². The van der Waals surface area contributed by atoms with E-state index in [2.05, 4.69) is 0 Å². The van der Waals surface area contributed by atoms with Crippen LogP contribution in [-0.4, -0.2) is 75.0 Å². The number of aliphatic hydroxyl groups excluding tert-OH is 3. The number of nitrogens with two attached hydrogens (primary N) is 1. The van der Waals surface area contributed by atoms with Crippen LogP contribution in [0.5, 0.6) is 0 Å². The predicted molar refractivity (Wildman–Crippen MR) is 63.5 cm³/mol. The van der Waals surface area contributed by atoms with Crippen molar-refractivity contribution in [2.75, 3.05) is 6.61 Å². The van der Waals surface area contributed by atoms with Gasteiger partial charge in [-0.3, -0.25) is 4.79 Å². The van der Waals surface area contributed by atoms with Gasteiger partial charge < -0.3 is 35.6 Å². The van der Waals surface area contributed by atoms with Crippen molar-refractivity contribution in [3.05, 3.63) is 0 Å². The molecular weight excluding hydrogens is 274 g/mol. The number of carboxylic acid groups (broad SMARTS) is 1. The lowest BCUT2D eigenvalue weighted by Gasteiger charge is -2.43. The average Bonchev–Trinajstić information content (AvgIpc) is 2.38. The van der Waals surface area contributed by atoms with Crippen molar-refractivity contribution in [1.82, 2.24) is 0 Å². The van der Waals surface area contributed by atoms with Gasteiger partial charge in [0.15, 0.2) is 12.1 Å². The van der Waals surface area contributed by atoms with E-state index in [-0.39, 0.29) is 0 Å². The van der Waals surface area contributed by atoms with Crippen LogP contribution in [0, 0.1) is 0 Å². The minimum Gasteiger partial charge on any atom is -0.479 e. The number of carbonyl (C=O) groups is 2. The molecule has 1 aliphatic heterocycles. The Morgan fingerprint density at radius 3 is 2.35 bits per heavy atom. The van der Waals surface area contributed by atoms with Gasteiger partial charge in [-0.2, -0.15) is 0 Å². The molecule has 6 N–H and O–H groups in total. The molecule has 9 heteroatoms. The van der Waals surface area contributed by atoms with E-state index in [1.165, 1.54) is 0 Å². The normalized spacial score (nSPS) is 37.2. The van der Waals surface area contributed by atoms with Crippen LogP contribution in [0.2, 0.25) is 0 Å². The first-order valence-corrected chi connectivity index (χ1v) is 5.95. The van der Waals surface area contributed by atoms with Gasteiger partial charge in [0.2, 0.25) is 5.60 Å². The maximum absolute atomic E-state index is 11.5. The molecule has 20 heavy (non-hydrogen) atoms. The lowest BCUT2D eigenvalue weighted by molar-refractivity contribution is -0.270. The predicted octanol–water partition coefficient (Wildman–Crippen LogP) is -2.80. The Balaban J connectivity index is 3.02. The molecule has 0 amide bonds. The summed E-state index contributed by atoms with van der Waals surface area (Å²) in [6, 6.07) is -1.27. The number of Topliss-reactive ketones (excluding diaryl/α,β-unsaturated/α-hetero) is 1. The third-order valence-electron chi connectivity index (χ3n) is 3.37. The van der Waals surface area contributed by atoms with E-state index >= 15 is 0 Å². The van der Waals surface area contributed by atoms with Crippen molar-refractivity contribution >= 4 is 11.8 Å². The highest BCUT2D eigenvalue weighted by atomic mass is 16.6. The molecule has 6 atom stereocenters. The number of carboxylic acids is 1. The Labute approximate surface area is 114 Å². The summed E-state index contributed by atoms with van der Waals surface area (Å²) in [6.45, 7) is 1.41. The lowest BCUT2D eigenvalue weighted by Crippen LogP contribution is -2.65. The van der Waals surface area contributed by atoms with Crippen LogP contribution in [0.1, 0.15) is 13.8 Å². The second-order valence-corrected chi connectivity index (χ2v) is 4.79. The van der Waals surface area contributed by atoms with E-state index in [0.717, 1.165) is 13.8 Å². The highest BCUT2D eigenvalue weighted by Gasteiger charge is 2.50. The highest BCUT2D eigenvalue weighted by Crippen LogP contribution is 2.26. The fourth-order valence-corrected chi connectivity index (χ4v) is 1.81. The van der Waals surface area contributed by atoms with Crippen LogP contribution in [0.4, 0.5) is 0 Å². The van der Waals surface area contributed by atoms with Gasteiger partial charge in [-0.1, -0.05) is 0 Å². The summed E-state index contributed by atoms with van der Waals surface area (Å²) in [5.41, 5.74) is 3.37. The molecule has 1 saturated heterocycles. The van der Waals surface area contributed by atoms with Crippen LogP contribution >= 0.6 is 0 Å². The number of hydrogen-bond acceptors (Lipinski definition) is 8. The van der Waals surface area contributed by atoms with Crippen LogP contribution in [0.3, 0.4) is 0 Å². The molecule has 116 valence electrons. The standard InChI is InChI=1S/C11H19NO8/c1-4(14)11(2,10(17)18)20-8-6(12)9(16)19-5(3-13)7(8)15/h5-9,13,15-16H,3,12H2,1-2H3,(H,17,18)/t5-,6-,7-,8-,9+,11?/m1/s1. The Kier molecular flexibility index (Phi) is 5.19. The molecule has 0 bridgehead atoms. The van der Waals surface area contributed by atoms with E-state index in [0.29, 0.717) is 0 Å². The molecule has 0 aromatic carbocycles. The SMILES string of the molecule is CC(=O)C(C)(O[C@@H]1[C@@H](N)[C@@H](O)O[C@H](CO)[C@H]1O)C(=O)O. The van der Waals surface area contributed by atoms with Gasteiger partial charge in [-0.15, -0.1) is 0 Å². The van der Waals surface area contributed by atoms with Crippen LogP contribution in [0.15, 0.2) is 0 Å². The molecular formula is C11H19NO8. The quantitative estimate of drug-likeness (QED) is 0.337. The molecule has 1 heterocycles. The maximum Gasteiger partial charge on any atom is 0.343 e. The molecule has 0 aromatic rings. The number of aliphatic carboxylic acids is 1. The molecule has 9 nitrogen and oxygen atoms in total. The zero-order valence-electron chi connectivity index (χ0n) is 11.1. The number of rotatable bonds is 5. The summed E-state index contributed by atoms with van der Waals surface area (Å²) >= 11 is 0. The molecule has 0 saturated carbocycles. The zero-order chi connectivity index (χ0) is 15.7. The second kappa shape index (κ2) is 6.12. The highest BCUT2D eigenvalue weighted by molar-refractivity contribution is 6.04. The van der Waals surface area contributed by atoms with Gasteiger partial charge in [-0.05, 0) is 13.8 Å². The van der Waals surface area contributed by atoms with Gasteiger partial charge in [0.25, 0.3) is 0 Å². The molecule has 0 aliphatic carbocycles. The van der Waals surface area contributed by atoms with Gasteiger partial charge in [0, 0.05) is 0 Å². The average molecular weight is 293 g/mol. The fraction of sp³-hybridized carbons (Fsp3) is 0.818. The van der Waals surface area contributed by atoms with Gasteiger partial charge in [0.1, 0.15) is 18.3 Å². The summed E-state index contributed by atoms with van der Waals surface area (Å²) in [5.74, 6) is -2.35. The van der Waals surface area contributed by atoms with Crippen LogP contribution in [0.25, 0.3) is 0 Å².